The number of carbonyl (C=O) groups excluding carboxylic acids is 2. The van der Waals surface area contributed by atoms with Gasteiger partial charge in [0.15, 0.2) is 0 Å². The Labute approximate surface area is 253 Å². The van der Waals surface area contributed by atoms with E-state index in [0.717, 1.165) is 27.1 Å². The molecule has 0 fully saturated rings. The molecule has 1 amide bonds. The van der Waals surface area contributed by atoms with Gasteiger partial charge < -0.3 is 15.4 Å². The van der Waals surface area contributed by atoms with Gasteiger partial charge in [0.05, 0.1) is 12.1 Å². The molecule has 0 unspecified atom stereocenters. The lowest BCUT2D eigenvalue weighted by atomic mass is 9.97. The predicted octanol–water partition coefficient (Wildman–Crippen LogP) is 7.73. The second-order valence-electron chi connectivity index (χ2n) is 11.3. The van der Waals surface area contributed by atoms with Crippen molar-refractivity contribution in [1.82, 2.24) is 10.6 Å². The summed E-state index contributed by atoms with van der Waals surface area (Å²) < 4.78 is 5.88. The minimum absolute atomic E-state index is 0.0302. The number of benzene rings is 4. The highest BCUT2D eigenvalue weighted by Crippen LogP contribution is 2.44. The summed E-state index contributed by atoms with van der Waals surface area (Å²) in [7, 11) is 0. The molecule has 4 aromatic rings. The smallest absolute Gasteiger partial charge is 0.407 e. The average molecular weight is 579 g/mol. The Morgan fingerprint density at radius 2 is 1.40 bits per heavy atom. The number of rotatable bonds is 11. The highest BCUT2D eigenvalue weighted by Gasteiger charge is 2.33. The van der Waals surface area contributed by atoms with E-state index in [0.29, 0.717) is 13.0 Å². The number of hydrogen-bond acceptors (Lipinski definition) is 5. The number of fused-ring (bicyclic) bond motifs is 3. The van der Waals surface area contributed by atoms with Crippen LogP contribution in [0.3, 0.4) is 0 Å². The monoisotopic (exact) mass is 578 g/mol. The lowest BCUT2D eigenvalue weighted by Gasteiger charge is -2.29. The third kappa shape index (κ3) is 7.30. The molecular weight excluding hydrogens is 540 g/mol. The summed E-state index contributed by atoms with van der Waals surface area (Å²) in [5.74, 6) is 0.222. The fourth-order valence-corrected chi connectivity index (χ4v) is 6.46. The standard InChI is InChI=1S/C36H38N2O3S/c1-24(2)21-33(34(37-22-26-11-5-4-6-12-26)35(39)42-27-19-17-25(3)18-20-27)38-36(40)41-23-32-30-15-9-7-13-28(30)29-14-8-10-16-31(29)32/h4-20,24,32-34,37H,21-23H2,1-3H3,(H,38,40)/t33-,34-/m0/s1. The average Bonchev–Trinajstić information content (AvgIpc) is 3.31. The quantitative estimate of drug-likeness (QED) is 0.178. The molecule has 5 rings (SSSR count). The molecule has 0 aromatic heterocycles. The van der Waals surface area contributed by atoms with E-state index in [4.69, 9.17) is 4.74 Å². The molecule has 216 valence electrons. The molecule has 4 aromatic carbocycles. The van der Waals surface area contributed by atoms with Crippen molar-refractivity contribution in [1.29, 1.82) is 0 Å². The van der Waals surface area contributed by atoms with Crippen LogP contribution in [0.1, 0.15) is 48.4 Å². The van der Waals surface area contributed by atoms with Gasteiger partial charge in [-0.2, -0.15) is 0 Å². The number of thioether (sulfide) groups is 1. The molecule has 0 saturated carbocycles. The van der Waals surface area contributed by atoms with Crippen molar-refractivity contribution in [3.8, 4) is 11.1 Å². The number of amides is 1. The van der Waals surface area contributed by atoms with E-state index in [-0.39, 0.29) is 23.6 Å². The lowest BCUT2D eigenvalue weighted by Crippen LogP contribution is -2.53. The zero-order chi connectivity index (χ0) is 29.5. The van der Waals surface area contributed by atoms with Gasteiger partial charge in [-0.05, 0) is 59.2 Å². The molecule has 6 heteroatoms. The Morgan fingerprint density at radius 3 is 2.02 bits per heavy atom. The van der Waals surface area contributed by atoms with Crippen LogP contribution >= 0.6 is 11.8 Å². The minimum Gasteiger partial charge on any atom is -0.449 e. The van der Waals surface area contributed by atoms with Gasteiger partial charge >= 0.3 is 6.09 Å². The first-order chi connectivity index (χ1) is 20.4. The van der Waals surface area contributed by atoms with Crippen LogP contribution in [0.2, 0.25) is 0 Å². The third-order valence-corrected chi connectivity index (χ3v) is 8.60. The first-order valence-corrected chi connectivity index (χ1v) is 15.4. The van der Waals surface area contributed by atoms with Crippen LogP contribution in [0.5, 0.6) is 0 Å². The summed E-state index contributed by atoms with van der Waals surface area (Å²) in [5, 5.41) is 6.49. The fraction of sp³-hybridized carbons (Fsp3) is 0.278. The molecule has 0 aliphatic heterocycles. The number of carbonyl (C=O) groups is 2. The first kappa shape index (κ1) is 29.6. The van der Waals surface area contributed by atoms with Crippen LogP contribution in [-0.2, 0) is 16.1 Å². The number of alkyl carbamates (subject to hydrolysis) is 1. The molecule has 2 N–H and O–H groups in total. The van der Waals surface area contributed by atoms with Crippen molar-refractivity contribution >= 4 is 23.0 Å². The molecule has 1 aliphatic carbocycles. The van der Waals surface area contributed by atoms with Gasteiger partial charge in [-0.3, -0.25) is 4.79 Å². The third-order valence-electron chi connectivity index (χ3n) is 7.64. The van der Waals surface area contributed by atoms with E-state index in [1.165, 1.54) is 22.9 Å². The van der Waals surface area contributed by atoms with Crippen molar-refractivity contribution < 1.29 is 14.3 Å². The first-order valence-electron chi connectivity index (χ1n) is 14.6. The van der Waals surface area contributed by atoms with E-state index >= 15 is 0 Å². The molecule has 0 spiro atoms. The molecule has 0 bridgehead atoms. The van der Waals surface area contributed by atoms with Crippen LogP contribution in [0.15, 0.2) is 108 Å². The van der Waals surface area contributed by atoms with Crippen molar-refractivity contribution in [2.45, 2.75) is 56.6 Å². The van der Waals surface area contributed by atoms with Crippen LogP contribution < -0.4 is 10.6 Å². The van der Waals surface area contributed by atoms with Crippen LogP contribution in [0.25, 0.3) is 11.1 Å². The molecule has 1 aliphatic rings. The molecule has 2 atom stereocenters. The largest absolute Gasteiger partial charge is 0.449 e. The van der Waals surface area contributed by atoms with Crippen molar-refractivity contribution in [3.05, 3.63) is 125 Å². The van der Waals surface area contributed by atoms with Gasteiger partial charge in [0.1, 0.15) is 6.61 Å². The zero-order valence-electron chi connectivity index (χ0n) is 24.4. The van der Waals surface area contributed by atoms with Crippen molar-refractivity contribution in [2.75, 3.05) is 6.61 Å². The molecule has 0 saturated heterocycles. The minimum atomic E-state index is -0.612. The van der Waals surface area contributed by atoms with Gasteiger partial charge in [0.25, 0.3) is 0 Å². The Hall–Kier alpha value is -3.87. The summed E-state index contributed by atoms with van der Waals surface area (Å²) in [6.07, 6.45) is 0.110. The predicted molar refractivity (Wildman–Crippen MR) is 171 cm³/mol. The number of hydrogen-bond donors (Lipinski definition) is 2. The number of aryl methyl sites for hydroxylation is 1. The highest BCUT2D eigenvalue weighted by atomic mass is 32.2. The number of ether oxygens (including phenoxy) is 1. The molecular formula is C36H38N2O3S. The zero-order valence-corrected chi connectivity index (χ0v) is 25.2. The maximum atomic E-state index is 13.8. The van der Waals surface area contributed by atoms with E-state index in [1.807, 2.05) is 85.8 Å². The summed E-state index contributed by atoms with van der Waals surface area (Å²) >= 11 is 1.20. The number of nitrogens with one attached hydrogen (secondary N) is 2. The Bertz CT molecular complexity index is 1460. The van der Waals surface area contributed by atoms with E-state index in [2.05, 4.69) is 48.7 Å². The summed E-state index contributed by atoms with van der Waals surface area (Å²) in [6, 6.07) is 33.4. The van der Waals surface area contributed by atoms with E-state index in [1.54, 1.807) is 0 Å². The van der Waals surface area contributed by atoms with Gasteiger partial charge in [-0.25, -0.2) is 4.79 Å². The Balaban J connectivity index is 1.32. The Kier molecular flexibility index (Phi) is 9.78. The maximum absolute atomic E-state index is 13.8. The van der Waals surface area contributed by atoms with Crippen molar-refractivity contribution in [3.63, 3.8) is 0 Å². The van der Waals surface area contributed by atoms with Crippen molar-refractivity contribution in [2.24, 2.45) is 5.92 Å². The molecule has 0 radical (unpaired) electrons. The maximum Gasteiger partial charge on any atom is 0.407 e. The summed E-state index contributed by atoms with van der Waals surface area (Å²) in [5.41, 5.74) is 6.90. The molecule has 0 heterocycles. The summed E-state index contributed by atoms with van der Waals surface area (Å²) in [4.78, 5) is 28.0. The van der Waals surface area contributed by atoms with Crippen LogP contribution in [0, 0.1) is 12.8 Å². The van der Waals surface area contributed by atoms with E-state index in [9.17, 15) is 9.59 Å². The highest BCUT2D eigenvalue weighted by molar-refractivity contribution is 8.13. The normalized spacial score (nSPS) is 13.7. The summed E-state index contributed by atoms with van der Waals surface area (Å²) in [6.45, 7) is 6.95. The van der Waals surface area contributed by atoms with Gasteiger partial charge in [-0.15, -0.1) is 0 Å². The van der Waals surface area contributed by atoms with Gasteiger partial charge in [-0.1, -0.05) is 122 Å². The SMILES string of the molecule is Cc1ccc(SC(=O)[C@@H](NCc2ccccc2)[C@H](CC(C)C)NC(=O)OCC2c3ccccc3-c3ccccc32)cc1. The fourth-order valence-electron chi connectivity index (χ4n) is 5.58. The Morgan fingerprint density at radius 1 is 0.810 bits per heavy atom. The lowest BCUT2D eigenvalue weighted by molar-refractivity contribution is -0.113. The van der Waals surface area contributed by atoms with E-state index < -0.39 is 18.2 Å². The van der Waals surface area contributed by atoms with Gasteiger partial charge in [0.2, 0.25) is 5.12 Å². The molecule has 42 heavy (non-hydrogen) atoms. The second kappa shape index (κ2) is 13.9. The van der Waals surface area contributed by atoms with Crippen LogP contribution in [0.4, 0.5) is 4.79 Å². The molecule has 5 nitrogen and oxygen atoms in total. The second-order valence-corrected chi connectivity index (χ2v) is 12.4. The van der Waals surface area contributed by atoms with Crippen LogP contribution in [-0.4, -0.2) is 29.9 Å². The van der Waals surface area contributed by atoms with Gasteiger partial charge in [0, 0.05) is 17.4 Å². The topological polar surface area (TPSA) is 67.4 Å².